The molecule has 1 aromatic carbocycles. The van der Waals surface area contributed by atoms with Gasteiger partial charge in [0.2, 0.25) is 29.5 Å². The van der Waals surface area contributed by atoms with E-state index in [1.54, 1.807) is 34.6 Å². The van der Waals surface area contributed by atoms with Crippen molar-refractivity contribution in [2.45, 2.75) is 144 Å². The lowest BCUT2D eigenvalue weighted by Gasteiger charge is -2.30. The number of carboxylic acid groups (broad SMARTS) is 1. The smallest absolute Gasteiger partial charge is 0.326 e. The molecular formula is C39H65N5O8. The van der Waals surface area contributed by atoms with Gasteiger partial charge in [0.15, 0.2) is 0 Å². The summed E-state index contributed by atoms with van der Waals surface area (Å²) < 4.78 is 0. The van der Waals surface area contributed by atoms with Gasteiger partial charge in [-0.1, -0.05) is 106 Å². The monoisotopic (exact) mass is 731 g/mol. The number of carboxylic acids is 1. The molecule has 294 valence electrons. The summed E-state index contributed by atoms with van der Waals surface area (Å²) in [5, 5.41) is 34.7. The first-order valence-electron chi connectivity index (χ1n) is 18.7. The number of amides is 5. The molecule has 0 spiro atoms. The quantitative estimate of drug-likeness (QED) is 0.0888. The zero-order valence-electron chi connectivity index (χ0n) is 32.8. The number of aliphatic hydroxyl groups excluding tert-OH is 1. The first kappa shape index (κ1) is 46.0. The summed E-state index contributed by atoms with van der Waals surface area (Å²) in [7, 11) is 0. The van der Waals surface area contributed by atoms with Crippen molar-refractivity contribution in [1.29, 1.82) is 0 Å². The number of carbonyl (C=O) groups is 6. The topological polar surface area (TPSA) is 203 Å². The molecule has 2 unspecified atom stereocenters. The molecule has 0 aliphatic rings. The highest BCUT2D eigenvalue weighted by molar-refractivity contribution is 5.92. The van der Waals surface area contributed by atoms with Crippen molar-refractivity contribution in [3.05, 3.63) is 35.9 Å². The van der Waals surface area contributed by atoms with Crippen LogP contribution in [0.15, 0.2) is 30.3 Å². The van der Waals surface area contributed by atoms with Crippen LogP contribution < -0.4 is 26.6 Å². The van der Waals surface area contributed by atoms with Gasteiger partial charge in [-0.3, -0.25) is 24.0 Å². The van der Waals surface area contributed by atoms with Gasteiger partial charge < -0.3 is 36.8 Å². The van der Waals surface area contributed by atoms with E-state index in [0.717, 1.165) is 5.56 Å². The summed E-state index contributed by atoms with van der Waals surface area (Å²) in [6.45, 7) is 18.3. The molecule has 5 amide bonds. The fraction of sp³-hybridized carbons (Fsp3) is 0.692. The van der Waals surface area contributed by atoms with Crippen molar-refractivity contribution in [3.8, 4) is 0 Å². The summed E-state index contributed by atoms with van der Waals surface area (Å²) in [5.74, 6) is -4.32. The van der Waals surface area contributed by atoms with Crippen molar-refractivity contribution in [3.63, 3.8) is 0 Å². The Morgan fingerprint density at radius 3 is 1.71 bits per heavy atom. The summed E-state index contributed by atoms with van der Waals surface area (Å²) in [5.41, 5.74) is 0.831. The van der Waals surface area contributed by atoms with E-state index >= 15 is 0 Å². The molecule has 0 saturated carbocycles. The van der Waals surface area contributed by atoms with Gasteiger partial charge in [-0.05, 0) is 54.4 Å². The van der Waals surface area contributed by atoms with Gasteiger partial charge in [0.05, 0.1) is 12.1 Å². The fourth-order valence-corrected chi connectivity index (χ4v) is 5.72. The Balaban J connectivity index is 3.16. The molecule has 13 nitrogen and oxygen atoms in total. The number of rotatable bonds is 23. The van der Waals surface area contributed by atoms with E-state index in [4.69, 9.17) is 0 Å². The molecule has 7 atom stereocenters. The molecule has 0 heterocycles. The number of nitrogens with one attached hydrogen (secondary N) is 5. The molecule has 0 radical (unpaired) electrons. The summed E-state index contributed by atoms with van der Waals surface area (Å²) >= 11 is 0. The summed E-state index contributed by atoms with van der Waals surface area (Å²) in [6, 6.07) is 4.47. The van der Waals surface area contributed by atoms with Gasteiger partial charge in [0.1, 0.15) is 24.2 Å². The maximum Gasteiger partial charge on any atom is 0.326 e. The maximum absolute atomic E-state index is 13.8. The Labute approximate surface area is 310 Å². The first-order chi connectivity index (χ1) is 24.3. The van der Waals surface area contributed by atoms with E-state index < -0.39 is 65.9 Å². The van der Waals surface area contributed by atoms with Crippen molar-refractivity contribution in [2.24, 2.45) is 29.6 Å². The Morgan fingerprint density at radius 1 is 0.654 bits per heavy atom. The van der Waals surface area contributed by atoms with Gasteiger partial charge in [-0.2, -0.15) is 0 Å². The average molecular weight is 732 g/mol. The molecule has 0 aliphatic heterocycles. The van der Waals surface area contributed by atoms with Crippen LogP contribution in [0.4, 0.5) is 0 Å². The number of hydrogen-bond acceptors (Lipinski definition) is 7. The summed E-state index contributed by atoms with van der Waals surface area (Å²) in [4.78, 5) is 77.8. The second kappa shape index (κ2) is 22.8. The average Bonchev–Trinajstić information content (AvgIpc) is 3.05. The van der Waals surface area contributed by atoms with Crippen LogP contribution in [0.1, 0.15) is 107 Å². The standard InChI is InChI=1S/C39H65N5O8/c1-11-26(10)35(38(50)44-34(25(8)9)39(51)52)42-31(46)18-17-30(45)28(21-27-15-13-12-14-16-27)41-37(49)33(24(6)7)43-36(48)29(19-22(2)3)40-32(47)20-23(4)5/h12-16,22-26,28-30,33-35,45H,11,17-21H2,1-10H3,(H,40,47)(H,41,49)(H,42,46)(H,43,48)(H,44,50)(H,51,52)/t26-,28-,29-,30-,33?,34?,35-/m0/s1. The number of aliphatic hydroxyl groups is 1. The highest BCUT2D eigenvalue weighted by Gasteiger charge is 2.34. The minimum absolute atomic E-state index is 0.0563. The molecule has 0 bridgehead atoms. The van der Waals surface area contributed by atoms with E-state index in [-0.39, 0.29) is 61.2 Å². The molecular weight excluding hydrogens is 666 g/mol. The van der Waals surface area contributed by atoms with E-state index in [1.165, 1.54) is 0 Å². The summed E-state index contributed by atoms with van der Waals surface area (Å²) in [6.07, 6.45) is 0.0149. The zero-order valence-corrected chi connectivity index (χ0v) is 32.8. The van der Waals surface area contributed by atoms with Crippen LogP contribution in [0.3, 0.4) is 0 Å². The van der Waals surface area contributed by atoms with E-state index in [0.29, 0.717) is 12.8 Å². The number of benzene rings is 1. The van der Waals surface area contributed by atoms with Crippen LogP contribution in [0.25, 0.3) is 0 Å². The van der Waals surface area contributed by atoms with Crippen LogP contribution in [-0.2, 0) is 35.2 Å². The number of carbonyl (C=O) groups excluding carboxylic acids is 5. The third-order valence-corrected chi connectivity index (χ3v) is 9.00. The third-order valence-electron chi connectivity index (χ3n) is 9.00. The number of aliphatic carboxylic acids is 1. The minimum atomic E-state index is -1.18. The van der Waals surface area contributed by atoms with Crippen molar-refractivity contribution in [1.82, 2.24) is 26.6 Å². The molecule has 0 fully saturated rings. The number of hydrogen-bond donors (Lipinski definition) is 7. The Bertz CT molecular complexity index is 1300. The Hall–Kier alpha value is -4.00. The molecule has 52 heavy (non-hydrogen) atoms. The highest BCUT2D eigenvalue weighted by Crippen LogP contribution is 2.15. The van der Waals surface area contributed by atoms with Crippen molar-refractivity contribution >= 4 is 35.5 Å². The second-order valence-corrected chi connectivity index (χ2v) is 15.5. The van der Waals surface area contributed by atoms with Gasteiger partial charge in [-0.15, -0.1) is 0 Å². The van der Waals surface area contributed by atoms with Gasteiger partial charge in [0, 0.05) is 12.8 Å². The van der Waals surface area contributed by atoms with E-state index in [1.807, 2.05) is 65.0 Å². The molecule has 0 aromatic heterocycles. The normalized spacial score (nSPS) is 15.6. The fourth-order valence-electron chi connectivity index (χ4n) is 5.72. The van der Waals surface area contributed by atoms with Crippen molar-refractivity contribution in [2.75, 3.05) is 0 Å². The maximum atomic E-state index is 13.8. The lowest BCUT2D eigenvalue weighted by molar-refractivity contribution is -0.143. The van der Waals surface area contributed by atoms with Crippen molar-refractivity contribution < 1.29 is 39.0 Å². The lowest BCUT2D eigenvalue weighted by atomic mass is 9.95. The molecule has 1 aromatic rings. The van der Waals surface area contributed by atoms with Gasteiger partial charge in [0.25, 0.3) is 0 Å². The Kier molecular flexibility index (Phi) is 20.2. The van der Waals surface area contributed by atoms with E-state index in [9.17, 15) is 39.0 Å². The van der Waals surface area contributed by atoms with E-state index in [2.05, 4.69) is 26.6 Å². The third kappa shape index (κ3) is 16.6. The Morgan fingerprint density at radius 2 is 1.21 bits per heavy atom. The molecule has 13 heteroatoms. The predicted octanol–water partition coefficient (Wildman–Crippen LogP) is 3.33. The van der Waals surface area contributed by atoms with Crippen LogP contribution in [0.2, 0.25) is 0 Å². The molecule has 0 aliphatic carbocycles. The van der Waals surface area contributed by atoms with Crippen LogP contribution in [0, 0.1) is 29.6 Å². The molecule has 7 N–H and O–H groups in total. The minimum Gasteiger partial charge on any atom is -0.480 e. The largest absolute Gasteiger partial charge is 0.480 e. The zero-order chi connectivity index (χ0) is 39.7. The van der Waals surface area contributed by atoms with Gasteiger partial charge >= 0.3 is 5.97 Å². The van der Waals surface area contributed by atoms with Crippen LogP contribution in [0.5, 0.6) is 0 Å². The van der Waals surface area contributed by atoms with Crippen LogP contribution >= 0.6 is 0 Å². The second-order valence-electron chi connectivity index (χ2n) is 15.5. The SMILES string of the molecule is CC[C@H](C)[C@H](NC(=O)CC[C@H](O)[C@H](Cc1ccccc1)NC(=O)C(NC(=O)[C@H](CC(C)C)NC(=O)CC(C)C)C(C)C)C(=O)NC(C(=O)O)C(C)C. The lowest BCUT2D eigenvalue weighted by Crippen LogP contribution is -2.58. The highest BCUT2D eigenvalue weighted by atomic mass is 16.4. The molecule has 0 saturated heterocycles. The van der Waals surface area contributed by atoms with Crippen LogP contribution in [-0.4, -0.2) is 82.0 Å². The predicted molar refractivity (Wildman–Crippen MR) is 201 cm³/mol. The first-order valence-corrected chi connectivity index (χ1v) is 18.7. The molecule has 1 rings (SSSR count). The van der Waals surface area contributed by atoms with Gasteiger partial charge in [-0.25, -0.2) is 4.79 Å².